The van der Waals surface area contributed by atoms with Crippen LogP contribution in [0.5, 0.6) is 0 Å². The van der Waals surface area contributed by atoms with E-state index in [0.29, 0.717) is 11.7 Å². The molecular weight excluding hydrogens is 290 g/mol. The van der Waals surface area contributed by atoms with E-state index in [4.69, 9.17) is 0 Å². The van der Waals surface area contributed by atoms with Crippen LogP contribution < -0.4 is 0 Å². The average Bonchev–Trinajstić information content (AvgIpc) is 2.90. The molecule has 3 rings (SSSR count). The van der Waals surface area contributed by atoms with Crippen LogP contribution in [-0.2, 0) is 11.8 Å². The molecule has 2 heterocycles. The van der Waals surface area contributed by atoms with Crippen molar-refractivity contribution in [1.82, 2.24) is 4.90 Å². The van der Waals surface area contributed by atoms with Crippen molar-refractivity contribution in [2.45, 2.75) is 65.2 Å². The number of nitrogens with zero attached hydrogens (tertiary/aromatic N) is 1. The Hall–Kier alpha value is -0.670. The van der Waals surface area contributed by atoms with Crippen LogP contribution in [0.4, 0.5) is 0 Å². The predicted octanol–water partition coefficient (Wildman–Crippen LogP) is 4.62. The topological polar surface area (TPSA) is 20.3 Å². The van der Waals surface area contributed by atoms with Gasteiger partial charge in [-0.05, 0) is 56.3 Å². The van der Waals surface area contributed by atoms with Crippen LogP contribution in [0.2, 0.25) is 0 Å². The number of piperidine rings is 1. The third kappa shape index (κ3) is 2.37. The van der Waals surface area contributed by atoms with Crippen molar-refractivity contribution in [3.63, 3.8) is 0 Å². The standard InChI is InChI=1S/C19H29NOS/c1-12(2)15-13-11-19(7-9-20(6)10-8-19)16(21)14(13)17(22-15)18(3,4)5/h12H,7-11H2,1-6H3. The molecular formula is C19H29NOS. The van der Waals surface area contributed by atoms with E-state index >= 15 is 0 Å². The normalized spacial score (nSPS) is 21.9. The highest BCUT2D eigenvalue weighted by molar-refractivity contribution is 7.12. The SMILES string of the molecule is CC(C)c1sc(C(C)(C)C)c2c1CC1(CCN(C)CC1)C2=O. The molecule has 2 aliphatic rings. The summed E-state index contributed by atoms with van der Waals surface area (Å²) in [4.78, 5) is 18.5. The van der Waals surface area contributed by atoms with Crippen LogP contribution in [-0.4, -0.2) is 30.8 Å². The minimum absolute atomic E-state index is 0.0640. The Kier molecular flexibility index (Phi) is 3.81. The first kappa shape index (κ1) is 16.2. The lowest BCUT2D eigenvalue weighted by molar-refractivity contribution is 0.0669. The van der Waals surface area contributed by atoms with Crippen molar-refractivity contribution in [1.29, 1.82) is 0 Å². The van der Waals surface area contributed by atoms with E-state index < -0.39 is 0 Å². The van der Waals surface area contributed by atoms with E-state index in [9.17, 15) is 4.79 Å². The largest absolute Gasteiger partial charge is 0.306 e. The molecule has 0 aromatic carbocycles. The first-order valence-electron chi connectivity index (χ1n) is 8.55. The van der Waals surface area contributed by atoms with Crippen LogP contribution in [0.3, 0.4) is 0 Å². The number of ketones is 1. The Morgan fingerprint density at radius 3 is 2.27 bits per heavy atom. The molecule has 2 nitrogen and oxygen atoms in total. The number of carbonyl (C=O) groups is 1. The Labute approximate surface area is 138 Å². The van der Waals surface area contributed by atoms with Gasteiger partial charge in [-0.3, -0.25) is 4.79 Å². The number of rotatable bonds is 1. The summed E-state index contributed by atoms with van der Waals surface area (Å²) in [7, 11) is 2.17. The van der Waals surface area contributed by atoms with E-state index in [2.05, 4.69) is 46.6 Å². The zero-order chi connectivity index (χ0) is 16.3. The van der Waals surface area contributed by atoms with E-state index in [-0.39, 0.29) is 10.8 Å². The molecule has 1 aromatic rings. The van der Waals surface area contributed by atoms with Gasteiger partial charge in [0, 0.05) is 20.7 Å². The molecule has 1 saturated heterocycles. The third-order valence-electron chi connectivity index (χ3n) is 5.41. The number of carbonyl (C=O) groups excluding carboxylic acids is 1. The summed E-state index contributed by atoms with van der Waals surface area (Å²) in [5.41, 5.74) is 2.49. The fraction of sp³-hybridized carbons (Fsp3) is 0.737. The summed E-state index contributed by atoms with van der Waals surface area (Å²) in [6, 6.07) is 0. The molecule has 122 valence electrons. The summed E-state index contributed by atoms with van der Waals surface area (Å²) in [5.74, 6) is 0.979. The lowest BCUT2D eigenvalue weighted by atomic mass is 9.74. The zero-order valence-electron chi connectivity index (χ0n) is 14.9. The maximum atomic E-state index is 13.4. The number of likely N-dealkylation sites (tertiary alicyclic amines) is 1. The number of hydrogen-bond donors (Lipinski definition) is 0. The second-order valence-corrected chi connectivity index (χ2v) is 9.70. The van der Waals surface area contributed by atoms with Gasteiger partial charge < -0.3 is 4.90 Å². The fourth-order valence-corrected chi connectivity index (χ4v) is 5.40. The molecule has 1 spiro atoms. The van der Waals surface area contributed by atoms with E-state index in [1.165, 1.54) is 15.3 Å². The number of Topliss-reactive ketones (excluding diaryl/α,β-unsaturated/α-hetero) is 1. The Bertz CT molecular complexity index is 598. The van der Waals surface area contributed by atoms with Crippen molar-refractivity contribution in [3.05, 3.63) is 20.9 Å². The summed E-state index contributed by atoms with van der Waals surface area (Å²) in [6.07, 6.45) is 3.06. The molecule has 1 aromatic heterocycles. The van der Waals surface area contributed by atoms with Crippen molar-refractivity contribution in [2.24, 2.45) is 5.41 Å². The smallest absolute Gasteiger partial charge is 0.170 e. The number of hydrogen-bond acceptors (Lipinski definition) is 3. The van der Waals surface area contributed by atoms with Crippen molar-refractivity contribution in [2.75, 3.05) is 20.1 Å². The third-order valence-corrected chi connectivity index (χ3v) is 7.37. The van der Waals surface area contributed by atoms with Gasteiger partial charge in [0.15, 0.2) is 5.78 Å². The molecule has 0 saturated carbocycles. The van der Waals surface area contributed by atoms with Crippen LogP contribution in [0.15, 0.2) is 0 Å². The van der Waals surface area contributed by atoms with Gasteiger partial charge in [-0.2, -0.15) is 0 Å². The van der Waals surface area contributed by atoms with E-state index in [1.54, 1.807) is 0 Å². The lowest BCUT2D eigenvalue weighted by Gasteiger charge is -2.36. The van der Waals surface area contributed by atoms with Crippen molar-refractivity contribution < 1.29 is 4.79 Å². The van der Waals surface area contributed by atoms with Gasteiger partial charge in [0.25, 0.3) is 0 Å². The minimum atomic E-state index is -0.0885. The summed E-state index contributed by atoms with van der Waals surface area (Å²) in [5, 5.41) is 0. The summed E-state index contributed by atoms with van der Waals surface area (Å²) in [6.45, 7) is 13.4. The van der Waals surface area contributed by atoms with Gasteiger partial charge in [-0.25, -0.2) is 0 Å². The van der Waals surface area contributed by atoms with Gasteiger partial charge in [-0.15, -0.1) is 11.3 Å². The number of thiophene rings is 1. The predicted molar refractivity (Wildman–Crippen MR) is 94.3 cm³/mol. The maximum Gasteiger partial charge on any atom is 0.170 e. The van der Waals surface area contributed by atoms with Crippen LogP contribution in [0.25, 0.3) is 0 Å². The van der Waals surface area contributed by atoms with E-state index in [0.717, 1.165) is 37.9 Å². The molecule has 0 atom stereocenters. The Morgan fingerprint density at radius 2 is 1.77 bits per heavy atom. The van der Waals surface area contributed by atoms with Gasteiger partial charge in [0.1, 0.15) is 0 Å². The molecule has 3 heteroatoms. The van der Waals surface area contributed by atoms with Crippen LogP contribution in [0, 0.1) is 5.41 Å². The Balaban J connectivity index is 2.08. The van der Waals surface area contributed by atoms with Gasteiger partial charge >= 0.3 is 0 Å². The van der Waals surface area contributed by atoms with Gasteiger partial charge in [0.2, 0.25) is 0 Å². The first-order chi connectivity index (χ1) is 10.2. The molecule has 1 fully saturated rings. The second kappa shape index (κ2) is 5.17. The van der Waals surface area contributed by atoms with E-state index in [1.807, 2.05) is 11.3 Å². The fourth-order valence-electron chi connectivity index (χ4n) is 4.03. The second-order valence-electron chi connectivity index (χ2n) is 8.64. The molecule has 22 heavy (non-hydrogen) atoms. The lowest BCUT2D eigenvalue weighted by Crippen LogP contribution is -2.41. The van der Waals surface area contributed by atoms with Crippen LogP contribution in [0.1, 0.15) is 79.1 Å². The number of fused-ring (bicyclic) bond motifs is 1. The molecule has 1 aliphatic carbocycles. The molecule has 1 aliphatic heterocycles. The summed E-state index contributed by atoms with van der Waals surface area (Å²) >= 11 is 1.90. The quantitative estimate of drug-likeness (QED) is 0.753. The highest BCUT2D eigenvalue weighted by atomic mass is 32.1. The molecule has 0 N–H and O–H groups in total. The zero-order valence-corrected chi connectivity index (χ0v) is 15.7. The van der Waals surface area contributed by atoms with Crippen molar-refractivity contribution in [3.8, 4) is 0 Å². The highest BCUT2D eigenvalue weighted by Crippen LogP contribution is 2.52. The monoisotopic (exact) mass is 319 g/mol. The molecule has 0 bridgehead atoms. The van der Waals surface area contributed by atoms with Gasteiger partial charge in [0.05, 0.1) is 0 Å². The molecule has 0 unspecified atom stereocenters. The minimum Gasteiger partial charge on any atom is -0.306 e. The van der Waals surface area contributed by atoms with Crippen LogP contribution >= 0.6 is 11.3 Å². The summed E-state index contributed by atoms with van der Waals surface area (Å²) < 4.78 is 0. The Morgan fingerprint density at radius 1 is 1.18 bits per heavy atom. The average molecular weight is 320 g/mol. The first-order valence-corrected chi connectivity index (χ1v) is 9.37. The molecule has 0 amide bonds. The molecule has 0 radical (unpaired) electrons. The maximum absolute atomic E-state index is 13.4. The highest BCUT2D eigenvalue weighted by Gasteiger charge is 2.50. The van der Waals surface area contributed by atoms with Crippen molar-refractivity contribution >= 4 is 17.1 Å². The van der Waals surface area contributed by atoms with Gasteiger partial charge in [-0.1, -0.05) is 34.6 Å².